The Morgan fingerprint density at radius 2 is 2.17 bits per heavy atom. The maximum Gasteiger partial charge on any atom is 1.00 e. The van der Waals surface area contributed by atoms with E-state index in [0.717, 1.165) is 5.69 Å². The molecule has 0 aliphatic carbocycles. The van der Waals surface area contributed by atoms with Crippen LogP contribution < -0.4 is 34.9 Å². The van der Waals surface area contributed by atoms with E-state index in [2.05, 4.69) is 10.3 Å². The number of nitrogens with zero attached hydrogens (tertiary/aromatic N) is 3. The molecule has 24 heavy (non-hydrogen) atoms. The molecule has 2 saturated heterocycles. The summed E-state index contributed by atoms with van der Waals surface area (Å²) in [6.45, 7) is 0.587. The summed E-state index contributed by atoms with van der Waals surface area (Å²) in [5.74, 6) is -0.831. The number of likely N-dealkylation sites (tertiary alicyclic amines) is 1. The Balaban J connectivity index is 0.00000208. The van der Waals surface area contributed by atoms with Gasteiger partial charge in [0.05, 0.1) is 6.04 Å². The summed E-state index contributed by atoms with van der Waals surface area (Å²) < 4.78 is 33.3. The Bertz CT molecular complexity index is 729. The molecule has 0 unspecified atom stereocenters. The van der Waals surface area contributed by atoms with E-state index < -0.39 is 34.3 Å². The molecule has 2 aliphatic rings. The number of carbonyl (C=O) groups is 2. The zero-order valence-corrected chi connectivity index (χ0v) is 15.9. The average molecular weight is 362 g/mol. The summed E-state index contributed by atoms with van der Waals surface area (Å²) in [5.41, 5.74) is 0.829. The first kappa shape index (κ1) is 19.1. The van der Waals surface area contributed by atoms with E-state index in [4.69, 9.17) is 0 Å². The van der Waals surface area contributed by atoms with Crippen molar-refractivity contribution >= 4 is 22.2 Å². The third kappa shape index (κ3) is 3.57. The molecule has 0 aromatic carbocycles. The molecule has 11 heteroatoms. The van der Waals surface area contributed by atoms with Crippen LogP contribution in [0.5, 0.6) is 0 Å². The topological polar surface area (TPSA) is 123 Å². The van der Waals surface area contributed by atoms with E-state index in [9.17, 15) is 22.6 Å². The van der Waals surface area contributed by atoms with Crippen LogP contribution in [-0.4, -0.2) is 64.3 Å². The van der Waals surface area contributed by atoms with Gasteiger partial charge in [-0.3, -0.25) is 9.78 Å². The standard InChI is InChI=1S/C13H16N4O5S.Na/c18-12-11-10(17(12)23(20,21)22)5-8-16(11)13(19)15-7-4-9-3-1-2-6-14-9;/h1-3,6,10-11H,4-5,7-8H2,(H,15,19)(H,20,21,22);/q;+1/p-1/t10-,11+;/m1./s1. The Labute approximate surface area is 161 Å². The molecule has 1 N–H and O–H groups in total. The normalized spacial score (nSPS) is 22.5. The van der Waals surface area contributed by atoms with Gasteiger partial charge in [-0.25, -0.2) is 17.5 Å². The van der Waals surface area contributed by atoms with Gasteiger partial charge in [-0.2, -0.15) is 0 Å². The van der Waals surface area contributed by atoms with E-state index in [1.807, 2.05) is 12.1 Å². The zero-order valence-electron chi connectivity index (χ0n) is 13.1. The van der Waals surface area contributed by atoms with E-state index in [1.54, 1.807) is 12.3 Å². The van der Waals surface area contributed by atoms with Crippen LogP contribution in [0.25, 0.3) is 0 Å². The van der Waals surface area contributed by atoms with Crippen molar-refractivity contribution in [2.45, 2.75) is 24.9 Å². The van der Waals surface area contributed by atoms with Gasteiger partial charge in [0.1, 0.15) is 6.04 Å². The van der Waals surface area contributed by atoms with Crippen molar-refractivity contribution in [1.82, 2.24) is 19.5 Å². The smallest absolute Gasteiger partial charge is 0.731 e. The molecular formula is C13H15N4NaO5S. The molecule has 9 nitrogen and oxygen atoms in total. The van der Waals surface area contributed by atoms with Gasteiger partial charge in [-0.05, 0) is 18.6 Å². The first-order chi connectivity index (χ1) is 10.9. The summed E-state index contributed by atoms with van der Waals surface area (Å²) in [4.78, 5) is 29.4. The second-order valence-corrected chi connectivity index (χ2v) is 6.64. The average Bonchev–Trinajstić information content (AvgIpc) is 2.85. The Kier molecular flexibility index (Phi) is 5.87. The number of urea groups is 1. The van der Waals surface area contributed by atoms with E-state index in [0.29, 0.717) is 17.3 Å². The van der Waals surface area contributed by atoms with Crippen molar-refractivity contribution in [1.29, 1.82) is 0 Å². The molecule has 2 aliphatic heterocycles. The van der Waals surface area contributed by atoms with Gasteiger partial charge in [-0.1, -0.05) is 6.07 Å². The van der Waals surface area contributed by atoms with Crippen LogP contribution in [-0.2, 0) is 21.5 Å². The summed E-state index contributed by atoms with van der Waals surface area (Å²) >= 11 is 0. The van der Waals surface area contributed by atoms with Gasteiger partial charge in [0.25, 0.3) is 5.91 Å². The fourth-order valence-corrected chi connectivity index (χ4v) is 3.86. The van der Waals surface area contributed by atoms with Gasteiger partial charge in [0.2, 0.25) is 0 Å². The second-order valence-electron chi connectivity index (χ2n) is 5.39. The molecule has 3 amide bonds. The van der Waals surface area contributed by atoms with Crippen molar-refractivity contribution < 1.29 is 52.1 Å². The van der Waals surface area contributed by atoms with Crippen LogP contribution in [0.1, 0.15) is 12.1 Å². The fourth-order valence-electron chi connectivity index (χ4n) is 2.98. The van der Waals surface area contributed by atoms with Gasteiger partial charge in [0, 0.05) is 31.4 Å². The van der Waals surface area contributed by atoms with Crippen LogP contribution in [0, 0.1) is 0 Å². The number of hydrogen-bond donors (Lipinski definition) is 1. The third-order valence-corrected chi connectivity index (χ3v) is 4.96. The molecule has 1 aromatic heterocycles. The van der Waals surface area contributed by atoms with Crippen LogP contribution in [0.15, 0.2) is 24.4 Å². The fraction of sp³-hybridized carbons (Fsp3) is 0.462. The summed E-state index contributed by atoms with van der Waals surface area (Å²) in [6.07, 6.45) is 2.49. The van der Waals surface area contributed by atoms with Gasteiger partial charge < -0.3 is 14.8 Å². The monoisotopic (exact) mass is 362 g/mol. The maximum absolute atomic E-state index is 12.1. The Morgan fingerprint density at radius 3 is 2.79 bits per heavy atom. The SMILES string of the molecule is O=C(NCCc1ccccn1)N1CC[C@@H]2[C@H]1C(=O)N2S(=O)(=O)[O-].[Na+]. The van der Waals surface area contributed by atoms with Crippen LogP contribution in [0.2, 0.25) is 0 Å². The first-order valence-electron chi connectivity index (χ1n) is 7.13. The van der Waals surface area contributed by atoms with E-state index in [1.165, 1.54) is 4.90 Å². The van der Waals surface area contributed by atoms with Crippen molar-refractivity contribution in [2.24, 2.45) is 0 Å². The van der Waals surface area contributed by atoms with Crippen molar-refractivity contribution in [3.63, 3.8) is 0 Å². The number of aromatic nitrogens is 1. The number of hydrogen-bond acceptors (Lipinski definition) is 6. The number of amides is 3. The summed E-state index contributed by atoms with van der Waals surface area (Å²) in [7, 11) is -4.80. The van der Waals surface area contributed by atoms with E-state index in [-0.39, 0.29) is 42.5 Å². The number of fused-ring (bicyclic) bond motifs is 1. The molecule has 1 aromatic rings. The maximum atomic E-state index is 12.1. The summed E-state index contributed by atoms with van der Waals surface area (Å²) in [5, 5.41) is 2.68. The predicted octanol–water partition coefficient (Wildman–Crippen LogP) is -3.92. The largest absolute Gasteiger partial charge is 1.00 e. The van der Waals surface area contributed by atoms with E-state index >= 15 is 0 Å². The molecule has 0 spiro atoms. The van der Waals surface area contributed by atoms with Crippen molar-refractivity contribution in [2.75, 3.05) is 13.1 Å². The minimum atomic E-state index is -4.80. The van der Waals surface area contributed by atoms with Crippen LogP contribution >= 0.6 is 0 Å². The van der Waals surface area contributed by atoms with Crippen LogP contribution in [0.4, 0.5) is 4.79 Å². The Morgan fingerprint density at radius 1 is 1.42 bits per heavy atom. The van der Waals surface area contributed by atoms with Crippen molar-refractivity contribution in [3.05, 3.63) is 30.1 Å². The second kappa shape index (κ2) is 7.36. The molecule has 2 fully saturated rings. The number of β-lactam (4-membered cyclic amide) rings is 1. The number of pyridine rings is 1. The molecule has 2 atom stereocenters. The van der Waals surface area contributed by atoms with Crippen LogP contribution in [0.3, 0.4) is 0 Å². The van der Waals surface area contributed by atoms with Gasteiger partial charge in [-0.15, -0.1) is 0 Å². The number of rotatable bonds is 4. The molecule has 0 saturated carbocycles. The molecule has 124 valence electrons. The number of nitrogens with one attached hydrogen (secondary N) is 1. The summed E-state index contributed by atoms with van der Waals surface area (Å²) in [6, 6.07) is 3.46. The molecule has 3 heterocycles. The minimum Gasteiger partial charge on any atom is -0.731 e. The molecular weight excluding hydrogens is 347 g/mol. The van der Waals surface area contributed by atoms with Crippen molar-refractivity contribution in [3.8, 4) is 0 Å². The Hall–Kier alpha value is -1.20. The quantitative estimate of drug-likeness (QED) is 0.332. The molecule has 3 rings (SSSR count). The van der Waals surface area contributed by atoms with Gasteiger partial charge in [0.15, 0.2) is 10.3 Å². The minimum absolute atomic E-state index is 0. The predicted molar refractivity (Wildman–Crippen MR) is 76.8 cm³/mol. The first-order valence-corrected chi connectivity index (χ1v) is 8.49. The third-order valence-electron chi connectivity index (χ3n) is 4.02. The van der Waals surface area contributed by atoms with Gasteiger partial charge >= 0.3 is 35.6 Å². The molecule has 0 bridgehead atoms. The molecule has 0 radical (unpaired) electrons. The zero-order chi connectivity index (χ0) is 16.6. The number of carbonyl (C=O) groups excluding carboxylic acids is 2.